The predicted molar refractivity (Wildman–Crippen MR) is 90.6 cm³/mol. The SMILES string of the molecule is CCN(Cc1ccc(Cl)s1)C(=O)NCc1ccc(OC)cc1. The Morgan fingerprint density at radius 3 is 2.55 bits per heavy atom. The highest BCUT2D eigenvalue weighted by Crippen LogP contribution is 2.22. The molecule has 22 heavy (non-hydrogen) atoms. The fraction of sp³-hybridized carbons (Fsp3) is 0.312. The van der Waals surface area contributed by atoms with E-state index in [0.717, 1.165) is 20.5 Å². The first-order valence-corrected chi connectivity index (χ1v) is 8.21. The number of amides is 2. The number of carbonyl (C=O) groups excluding carboxylic acids is 1. The highest BCUT2D eigenvalue weighted by molar-refractivity contribution is 7.16. The number of nitrogens with zero attached hydrogens (tertiary/aromatic N) is 1. The number of nitrogens with one attached hydrogen (secondary N) is 1. The van der Waals surface area contributed by atoms with Crippen LogP contribution in [0.5, 0.6) is 5.75 Å². The first kappa shape index (κ1) is 16.6. The fourth-order valence-corrected chi connectivity index (χ4v) is 3.09. The van der Waals surface area contributed by atoms with Gasteiger partial charge in [-0.25, -0.2) is 4.79 Å². The minimum atomic E-state index is -0.0807. The van der Waals surface area contributed by atoms with Gasteiger partial charge in [-0.05, 0) is 36.8 Å². The second-order valence-electron chi connectivity index (χ2n) is 4.73. The van der Waals surface area contributed by atoms with Crippen LogP contribution in [0.2, 0.25) is 4.34 Å². The minimum Gasteiger partial charge on any atom is -0.497 e. The van der Waals surface area contributed by atoms with E-state index in [1.807, 2.05) is 43.3 Å². The number of hydrogen-bond donors (Lipinski definition) is 1. The Kier molecular flexibility index (Phi) is 6.10. The van der Waals surface area contributed by atoms with Crippen molar-refractivity contribution in [2.45, 2.75) is 20.0 Å². The van der Waals surface area contributed by atoms with Crippen LogP contribution in [0.25, 0.3) is 0 Å². The van der Waals surface area contributed by atoms with Gasteiger partial charge in [-0.15, -0.1) is 11.3 Å². The Morgan fingerprint density at radius 2 is 2.00 bits per heavy atom. The molecule has 0 bridgehead atoms. The van der Waals surface area contributed by atoms with E-state index >= 15 is 0 Å². The van der Waals surface area contributed by atoms with E-state index in [0.29, 0.717) is 19.6 Å². The first-order valence-electron chi connectivity index (χ1n) is 7.02. The van der Waals surface area contributed by atoms with Gasteiger partial charge in [0.05, 0.1) is 18.0 Å². The van der Waals surface area contributed by atoms with Crippen LogP contribution < -0.4 is 10.1 Å². The third-order valence-electron chi connectivity index (χ3n) is 3.25. The molecule has 0 spiro atoms. The molecule has 2 aromatic rings. The summed E-state index contributed by atoms with van der Waals surface area (Å²) >= 11 is 7.42. The third kappa shape index (κ3) is 4.64. The maximum atomic E-state index is 12.2. The number of carbonyl (C=O) groups is 1. The molecule has 0 unspecified atom stereocenters. The molecule has 6 heteroatoms. The van der Waals surface area contributed by atoms with Gasteiger partial charge in [0.2, 0.25) is 0 Å². The summed E-state index contributed by atoms with van der Waals surface area (Å²) in [5, 5.41) is 2.93. The number of halogens is 1. The summed E-state index contributed by atoms with van der Waals surface area (Å²) in [5.41, 5.74) is 1.03. The molecule has 118 valence electrons. The molecule has 4 nitrogen and oxygen atoms in total. The van der Waals surface area contributed by atoms with Crippen LogP contribution in [0.1, 0.15) is 17.4 Å². The van der Waals surface area contributed by atoms with Crippen molar-refractivity contribution in [3.8, 4) is 5.75 Å². The molecule has 0 saturated carbocycles. The molecule has 0 saturated heterocycles. The smallest absolute Gasteiger partial charge is 0.317 e. The number of rotatable bonds is 6. The highest BCUT2D eigenvalue weighted by Gasteiger charge is 2.12. The van der Waals surface area contributed by atoms with Gasteiger partial charge in [-0.2, -0.15) is 0 Å². The minimum absolute atomic E-state index is 0.0807. The molecule has 0 aliphatic heterocycles. The quantitative estimate of drug-likeness (QED) is 0.860. The van der Waals surface area contributed by atoms with Crippen molar-refractivity contribution < 1.29 is 9.53 Å². The Morgan fingerprint density at radius 1 is 1.27 bits per heavy atom. The highest BCUT2D eigenvalue weighted by atomic mass is 35.5. The average molecular weight is 339 g/mol. The van der Waals surface area contributed by atoms with Gasteiger partial charge in [-0.3, -0.25) is 0 Å². The van der Waals surface area contributed by atoms with Crippen LogP contribution in [0, 0.1) is 0 Å². The number of methoxy groups -OCH3 is 1. The van der Waals surface area contributed by atoms with Crippen molar-refractivity contribution in [1.82, 2.24) is 10.2 Å². The van der Waals surface area contributed by atoms with Gasteiger partial charge in [0.25, 0.3) is 0 Å². The molecule has 0 atom stereocenters. The zero-order valence-electron chi connectivity index (χ0n) is 12.6. The van der Waals surface area contributed by atoms with Gasteiger partial charge < -0.3 is 15.0 Å². The molecule has 0 aliphatic rings. The number of urea groups is 1. The standard InChI is InChI=1S/C16H19ClN2O2S/c1-3-19(11-14-8-9-15(17)22-14)16(20)18-10-12-4-6-13(21-2)7-5-12/h4-9H,3,10-11H2,1-2H3,(H,18,20). The van der Waals surface area contributed by atoms with Gasteiger partial charge in [0, 0.05) is 18.0 Å². The van der Waals surface area contributed by atoms with Crippen LogP contribution in [0.3, 0.4) is 0 Å². The van der Waals surface area contributed by atoms with Gasteiger partial charge in [0.15, 0.2) is 0 Å². The number of hydrogen-bond acceptors (Lipinski definition) is 3. The average Bonchev–Trinajstić information content (AvgIpc) is 2.96. The van der Waals surface area contributed by atoms with Gasteiger partial charge in [0.1, 0.15) is 5.75 Å². The summed E-state index contributed by atoms with van der Waals surface area (Å²) in [5.74, 6) is 0.805. The van der Waals surface area contributed by atoms with Crippen LogP contribution in [-0.2, 0) is 13.1 Å². The second-order valence-corrected chi connectivity index (χ2v) is 6.53. The number of ether oxygens (including phenoxy) is 1. The van der Waals surface area contributed by atoms with E-state index in [9.17, 15) is 4.79 Å². The van der Waals surface area contributed by atoms with E-state index in [1.54, 1.807) is 12.0 Å². The molecule has 2 amide bonds. The molecule has 1 aromatic heterocycles. The molecule has 2 rings (SSSR count). The monoisotopic (exact) mass is 338 g/mol. The largest absolute Gasteiger partial charge is 0.497 e. The lowest BCUT2D eigenvalue weighted by Gasteiger charge is -2.20. The van der Waals surface area contributed by atoms with Crippen LogP contribution >= 0.6 is 22.9 Å². The summed E-state index contributed by atoms with van der Waals surface area (Å²) in [6.45, 7) is 3.67. The maximum absolute atomic E-state index is 12.2. The van der Waals surface area contributed by atoms with Crippen molar-refractivity contribution in [3.63, 3.8) is 0 Å². The summed E-state index contributed by atoms with van der Waals surface area (Å²) < 4.78 is 5.85. The normalized spacial score (nSPS) is 10.3. The van der Waals surface area contributed by atoms with Crippen LogP contribution in [0.4, 0.5) is 4.79 Å². The molecular formula is C16H19ClN2O2S. The summed E-state index contributed by atoms with van der Waals surface area (Å²) in [6.07, 6.45) is 0. The van der Waals surface area contributed by atoms with Crippen molar-refractivity contribution in [2.24, 2.45) is 0 Å². The van der Waals surface area contributed by atoms with Crippen LogP contribution in [0.15, 0.2) is 36.4 Å². The summed E-state index contributed by atoms with van der Waals surface area (Å²) in [4.78, 5) is 15.1. The van der Waals surface area contributed by atoms with E-state index < -0.39 is 0 Å². The Balaban J connectivity index is 1.88. The molecule has 0 aliphatic carbocycles. The summed E-state index contributed by atoms with van der Waals surface area (Å²) in [7, 11) is 1.63. The van der Waals surface area contributed by atoms with Crippen molar-refractivity contribution in [2.75, 3.05) is 13.7 Å². The Hall–Kier alpha value is -1.72. The molecule has 1 aromatic carbocycles. The lowest BCUT2D eigenvalue weighted by molar-refractivity contribution is 0.198. The fourth-order valence-electron chi connectivity index (χ4n) is 1.98. The Labute approximate surface area is 139 Å². The maximum Gasteiger partial charge on any atom is 0.317 e. The molecule has 0 radical (unpaired) electrons. The zero-order valence-corrected chi connectivity index (χ0v) is 14.2. The van der Waals surface area contributed by atoms with E-state index in [1.165, 1.54) is 11.3 Å². The van der Waals surface area contributed by atoms with Crippen molar-refractivity contribution in [3.05, 3.63) is 51.2 Å². The number of benzene rings is 1. The zero-order chi connectivity index (χ0) is 15.9. The van der Waals surface area contributed by atoms with Gasteiger partial charge >= 0.3 is 6.03 Å². The molecular weight excluding hydrogens is 320 g/mol. The topological polar surface area (TPSA) is 41.6 Å². The third-order valence-corrected chi connectivity index (χ3v) is 4.46. The number of thiophene rings is 1. The van der Waals surface area contributed by atoms with E-state index in [2.05, 4.69) is 5.32 Å². The molecule has 1 heterocycles. The molecule has 1 N–H and O–H groups in total. The second kappa shape index (κ2) is 8.06. The van der Waals surface area contributed by atoms with Crippen molar-refractivity contribution in [1.29, 1.82) is 0 Å². The van der Waals surface area contributed by atoms with Crippen LogP contribution in [-0.4, -0.2) is 24.6 Å². The Bertz CT molecular complexity index is 613. The lowest BCUT2D eigenvalue weighted by atomic mass is 10.2. The first-order chi connectivity index (χ1) is 10.6. The summed E-state index contributed by atoms with van der Waals surface area (Å²) in [6, 6.07) is 11.4. The lowest BCUT2D eigenvalue weighted by Crippen LogP contribution is -2.38. The van der Waals surface area contributed by atoms with E-state index in [4.69, 9.17) is 16.3 Å². The predicted octanol–water partition coefficient (Wildman–Crippen LogP) is 4.14. The molecule has 0 fully saturated rings. The van der Waals surface area contributed by atoms with Crippen molar-refractivity contribution >= 4 is 29.0 Å². The van der Waals surface area contributed by atoms with Gasteiger partial charge in [-0.1, -0.05) is 23.7 Å². The van der Waals surface area contributed by atoms with E-state index in [-0.39, 0.29) is 6.03 Å².